The molecule has 2 aliphatic heterocycles. The second-order valence-corrected chi connectivity index (χ2v) is 8.98. The van der Waals surface area contributed by atoms with Crippen molar-refractivity contribution in [2.24, 2.45) is 0 Å². The number of nitrogens with zero attached hydrogens (tertiary/aromatic N) is 2. The van der Waals surface area contributed by atoms with Gasteiger partial charge in [0.2, 0.25) is 0 Å². The molecule has 6 heteroatoms. The van der Waals surface area contributed by atoms with E-state index in [-0.39, 0.29) is 17.5 Å². The smallest absolute Gasteiger partial charge is 0.282 e. The Hall–Kier alpha value is -4.06. The summed E-state index contributed by atoms with van der Waals surface area (Å²) in [7, 11) is 1.60. The van der Waals surface area contributed by atoms with Gasteiger partial charge in [0, 0.05) is 24.5 Å². The Balaban J connectivity index is 1.49. The lowest BCUT2D eigenvalue weighted by molar-refractivity contribution is -0.120. The largest absolute Gasteiger partial charge is 0.497 e. The molecule has 5 rings (SSSR count). The van der Waals surface area contributed by atoms with Gasteiger partial charge in [0.15, 0.2) is 0 Å². The van der Waals surface area contributed by atoms with E-state index in [1.165, 1.54) is 29.8 Å². The van der Waals surface area contributed by atoms with Crippen LogP contribution in [0, 0.1) is 6.92 Å². The van der Waals surface area contributed by atoms with Crippen LogP contribution < -0.4 is 19.9 Å². The predicted octanol–water partition coefficient (Wildman–Crippen LogP) is 5.39. The molecule has 0 spiro atoms. The van der Waals surface area contributed by atoms with Crippen molar-refractivity contribution >= 4 is 34.4 Å². The van der Waals surface area contributed by atoms with Gasteiger partial charge in [-0.1, -0.05) is 29.8 Å². The average Bonchev–Trinajstić information content (AvgIpc) is 3.14. The van der Waals surface area contributed by atoms with Crippen LogP contribution in [0.1, 0.15) is 30.4 Å². The summed E-state index contributed by atoms with van der Waals surface area (Å²) in [5.41, 5.74) is 4.82. The summed E-state index contributed by atoms with van der Waals surface area (Å²) in [6.45, 7) is 4.11. The number of hydrogen-bond acceptors (Lipinski definition) is 5. The molecule has 0 atom stereocenters. The predicted molar refractivity (Wildman–Crippen MR) is 140 cm³/mol. The summed E-state index contributed by atoms with van der Waals surface area (Å²) in [4.78, 5) is 30.8. The number of amides is 2. The number of imide groups is 1. The number of benzene rings is 3. The number of carbonyl (C=O) groups excluding carboxylic acids is 2. The Bertz CT molecular complexity index is 1260. The fourth-order valence-electron chi connectivity index (χ4n) is 4.65. The second-order valence-electron chi connectivity index (χ2n) is 8.98. The Morgan fingerprint density at radius 2 is 1.37 bits per heavy atom. The molecule has 2 heterocycles. The zero-order valence-corrected chi connectivity index (χ0v) is 20.1. The quantitative estimate of drug-likeness (QED) is 0.493. The lowest BCUT2D eigenvalue weighted by Gasteiger charge is -2.28. The minimum atomic E-state index is -0.371. The Kier molecular flexibility index (Phi) is 6.27. The second kappa shape index (κ2) is 9.66. The molecule has 3 aromatic carbocycles. The Labute approximate surface area is 205 Å². The third-order valence-electron chi connectivity index (χ3n) is 6.61. The first kappa shape index (κ1) is 22.7. The fraction of sp³-hybridized carbons (Fsp3) is 0.241. The van der Waals surface area contributed by atoms with Crippen molar-refractivity contribution in [1.82, 2.24) is 0 Å². The van der Waals surface area contributed by atoms with Crippen molar-refractivity contribution in [2.45, 2.75) is 26.2 Å². The first-order valence-electron chi connectivity index (χ1n) is 12.0. The molecule has 178 valence electrons. The number of hydrogen-bond donors (Lipinski definition) is 1. The highest BCUT2D eigenvalue weighted by Gasteiger charge is 2.40. The Morgan fingerprint density at radius 3 is 2.00 bits per heavy atom. The number of piperidine rings is 1. The molecule has 1 saturated heterocycles. The first-order valence-corrected chi connectivity index (χ1v) is 12.0. The fourth-order valence-corrected chi connectivity index (χ4v) is 4.65. The zero-order valence-electron chi connectivity index (χ0n) is 20.1. The van der Waals surface area contributed by atoms with Crippen molar-refractivity contribution in [1.29, 1.82) is 0 Å². The van der Waals surface area contributed by atoms with Crippen molar-refractivity contribution in [3.63, 3.8) is 0 Å². The highest BCUT2D eigenvalue weighted by atomic mass is 16.5. The maximum absolute atomic E-state index is 13.6. The minimum absolute atomic E-state index is 0.270. The van der Waals surface area contributed by atoms with Gasteiger partial charge in [0.1, 0.15) is 11.4 Å². The van der Waals surface area contributed by atoms with Crippen molar-refractivity contribution in [3.05, 3.63) is 89.6 Å². The highest BCUT2D eigenvalue weighted by molar-refractivity contribution is 6.46. The van der Waals surface area contributed by atoms with Crippen LogP contribution in [0.5, 0.6) is 5.75 Å². The summed E-state index contributed by atoms with van der Waals surface area (Å²) < 4.78 is 5.27. The molecule has 2 amide bonds. The number of anilines is 3. The van der Waals surface area contributed by atoms with Gasteiger partial charge in [-0.3, -0.25) is 9.59 Å². The molecule has 0 radical (unpaired) electrons. The summed E-state index contributed by atoms with van der Waals surface area (Å²) in [5.74, 6) is -0.0365. The molecule has 0 unspecified atom stereocenters. The summed E-state index contributed by atoms with van der Waals surface area (Å²) in [6.07, 6.45) is 3.71. The molecule has 1 fully saturated rings. The maximum atomic E-state index is 13.6. The molecule has 0 aromatic heterocycles. The summed E-state index contributed by atoms with van der Waals surface area (Å²) in [6, 6.07) is 22.7. The number of aryl methyl sites for hydroxylation is 1. The van der Waals surface area contributed by atoms with Gasteiger partial charge < -0.3 is 15.0 Å². The van der Waals surface area contributed by atoms with Gasteiger partial charge in [-0.05, 0) is 80.3 Å². The van der Waals surface area contributed by atoms with E-state index in [4.69, 9.17) is 4.74 Å². The van der Waals surface area contributed by atoms with Gasteiger partial charge in [-0.15, -0.1) is 0 Å². The standard InChI is InChI=1S/C29H29N3O3/c1-20-6-12-24(13-7-20)32-28(33)26(21-8-16-25(35-2)17-9-21)27(29(32)34)30-22-10-14-23(15-11-22)31-18-4-3-5-19-31/h6-17,30H,3-5,18-19H2,1-2H3. The number of nitrogens with one attached hydrogen (secondary N) is 1. The van der Waals surface area contributed by atoms with E-state index in [1.807, 2.05) is 31.2 Å². The van der Waals surface area contributed by atoms with Crippen LogP contribution >= 0.6 is 0 Å². The highest BCUT2D eigenvalue weighted by Crippen LogP contribution is 2.35. The van der Waals surface area contributed by atoms with E-state index in [0.717, 1.165) is 24.3 Å². The monoisotopic (exact) mass is 467 g/mol. The number of methoxy groups -OCH3 is 1. The molecule has 0 bridgehead atoms. The van der Waals surface area contributed by atoms with Crippen LogP contribution in [0.25, 0.3) is 5.57 Å². The molecule has 35 heavy (non-hydrogen) atoms. The van der Waals surface area contributed by atoms with Gasteiger partial charge in [-0.2, -0.15) is 0 Å². The van der Waals surface area contributed by atoms with Gasteiger partial charge in [-0.25, -0.2) is 4.90 Å². The van der Waals surface area contributed by atoms with E-state index < -0.39 is 0 Å². The number of carbonyl (C=O) groups is 2. The van der Waals surface area contributed by atoms with Crippen LogP contribution in [0.15, 0.2) is 78.5 Å². The third-order valence-corrected chi connectivity index (χ3v) is 6.61. The molecule has 0 aliphatic carbocycles. The van der Waals surface area contributed by atoms with Crippen LogP contribution in [-0.4, -0.2) is 32.0 Å². The van der Waals surface area contributed by atoms with Crippen LogP contribution in [0.3, 0.4) is 0 Å². The number of rotatable bonds is 6. The molecule has 1 N–H and O–H groups in total. The van der Waals surface area contributed by atoms with Crippen molar-refractivity contribution in [2.75, 3.05) is 35.3 Å². The zero-order chi connectivity index (χ0) is 24.4. The average molecular weight is 468 g/mol. The Morgan fingerprint density at radius 1 is 0.743 bits per heavy atom. The summed E-state index contributed by atoms with van der Waals surface area (Å²) >= 11 is 0. The van der Waals surface area contributed by atoms with Gasteiger partial charge in [0.05, 0.1) is 18.4 Å². The SMILES string of the molecule is COc1ccc(C2=C(Nc3ccc(N4CCCCC4)cc3)C(=O)N(c3ccc(C)cc3)C2=O)cc1. The van der Waals surface area contributed by atoms with E-state index >= 15 is 0 Å². The lowest BCUT2D eigenvalue weighted by Crippen LogP contribution is -2.32. The lowest BCUT2D eigenvalue weighted by atomic mass is 10.0. The van der Waals surface area contributed by atoms with Gasteiger partial charge >= 0.3 is 0 Å². The first-order chi connectivity index (χ1) is 17.0. The molecular weight excluding hydrogens is 438 g/mol. The van der Waals surface area contributed by atoms with Crippen molar-refractivity contribution in [3.8, 4) is 5.75 Å². The van der Waals surface area contributed by atoms with Crippen molar-refractivity contribution < 1.29 is 14.3 Å². The minimum Gasteiger partial charge on any atom is -0.497 e. The molecule has 3 aromatic rings. The molecule has 0 saturated carbocycles. The molecule has 6 nitrogen and oxygen atoms in total. The molecule has 2 aliphatic rings. The topological polar surface area (TPSA) is 61.9 Å². The normalized spacial score (nSPS) is 16.2. The molecular formula is C29H29N3O3. The van der Waals surface area contributed by atoms with E-state index in [1.54, 1.807) is 43.5 Å². The van der Waals surface area contributed by atoms with E-state index in [9.17, 15) is 9.59 Å². The number of ether oxygens (including phenoxy) is 1. The third kappa shape index (κ3) is 4.52. The van der Waals surface area contributed by atoms with Crippen LogP contribution in [-0.2, 0) is 9.59 Å². The van der Waals surface area contributed by atoms with Gasteiger partial charge in [0.25, 0.3) is 11.8 Å². The van der Waals surface area contributed by atoms with E-state index in [2.05, 4.69) is 22.3 Å². The summed E-state index contributed by atoms with van der Waals surface area (Å²) in [5, 5.41) is 3.26. The van der Waals surface area contributed by atoms with Crippen LogP contribution in [0.2, 0.25) is 0 Å². The van der Waals surface area contributed by atoms with E-state index in [0.29, 0.717) is 22.6 Å². The maximum Gasteiger partial charge on any atom is 0.282 e. The van der Waals surface area contributed by atoms with Crippen LogP contribution in [0.4, 0.5) is 17.1 Å².